The van der Waals surface area contributed by atoms with Crippen LogP contribution < -0.4 is 4.72 Å². The van der Waals surface area contributed by atoms with E-state index < -0.39 is 16.1 Å². The molecular weight excluding hydrogens is 214 g/mol. The highest BCUT2D eigenvalue weighted by Crippen LogP contribution is 2.24. The van der Waals surface area contributed by atoms with Gasteiger partial charge >= 0.3 is 0 Å². The van der Waals surface area contributed by atoms with Gasteiger partial charge in [0.05, 0.1) is 11.9 Å². The van der Waals surface area contributed by atoms with Crippen LogP contribution in [0, 0.1) is 5.92 Å². The average molecular weight is 235 g/mol. The third kappa shape index (κ3) is 5.49. The molecule has 1 fully saturated rings. The molecule has 4 nitrogen and oxygen atoms in total. The Morgan fingerprint density at radius 3 is 2.47 bits per heavy atom. The van der Waals surface area contributed by atoms with Crippen LogP contribution in [0.2, 0.25) is 0 Å². The van der Waals surface area contributed by atoms with E-state index in [-0.39, 0.29) is 12.3 Å². The highest BCUT2D eigenvalue weighted by molar-refractivity contribution is 7.89. The van der Waals surface area contributed by atoms with Crippen LogP contribution in [0.1, 0.15) is 39.0 Å². The summed E-state index contributed by atoms with van der Waals surface area (Å²) in [5, 5.41) is 8.99. The number of rotatable bonds is 5. The van der Waals surface area contributed by atoms with Crippen molar-refractivity contribution >= 4 is 10.0 Å². The van der Waals surface area contributed by atoms with E-state index in [1.807, 2.05) is 0 Å². The first-order valence-corrected chi connectivity index (χ1v) is 7.30. The zero-order valence-corrected chi connectivity index (χ0v) is 10.1. The Morgan fingerprint density at radius 1 is 1.33 bits per heavy atom. The van der Waals surface area contributed by atoms with Gasteiger partial charge in [0.2, 0.25) is 10.0 Å². The third-order valence-electron chi connectivity index (χ3n) is 2.78. The monoisotopic (exact) mass is 235 g/mol. The lowest BCUT2D eigenvalue weighted by atomic mass is 9.91. The summed E-state index contributed by atoms with van der Waals surface area (Å²) in [7, 11) is -3.19. The van der Waals surface area contributed by atoms with Crippen LogP contribution in [0.5, 0.6) is 0 Å². The van der Waals surface area contributed by atoms with Crippen LogP contribution in [-0.2, 0) is 10.0 Å². The maximum atomic E-state index is 11.6. The van der Waals surface area contributed by atoms with Crippen molar-refractivity contribution in [3.63, 3.8) is 0 Å². The molecule has 1 saturated carbocycles. The Morgan fingerprint density at radius 2 is 1.93 bits per heavy atom. The highest BCUT2D eigenvalue weighted by Gasteiger charge is 2.21. The van der Waals surface area contributed by atoms with Crippen molar-refractivity contribution in [1.82, 2.24) is 4.72 Å². The Labute approximate surface area is 92.1 Å². The van der Waals surface area contributed by atoms with Crippen LogP contribution in [0.15, 0.2) is 0 Å². The second kappa shape index (κ2) is 5.82. The maximum absolute atomic E-state index is 11.6. The van der Waals surface area contributed by atoms with Crippen LogP contribution in [0.3, 0.4) is 0 Å². The molecule has 1 atom stereocenters. The lowest BCUT2D eigenvalue weighted by Crippen LogP contribution is -2.35. The largest absolute Gasteiger partial charge is 0.392 e. The molecule has 0 radical (unpaired) electrons. The molecule has 0 aliphatic heterocycles. The molecule has 0 saturated heterocycles. The molecule has 2 N–H and O–H groups in total. The van der Waals surface area contributed by atoms with Crippen molar-refractivity contribution < 1.29 is 13.5 Å². The van der Waals surface area contributed by atoms with Crippen molar-refractivity contribution in [3.8, 4) is 0 Å². The van der Waals surface area contributed by atoms with Crippen molar-refractivity contribution in [1.29, 1.82) is 0 Å². The van der Waals surface area contributed by atoms with Crippen LogP contribution in [-0.4, -0.2) is 31.9 Å². The van der Waals surface area contributed by atoms with Gasteiger partial charge in [-0.2, -0.15) is 0 Å². The fourth-order valence-electron chi connectivity index (χ4n) is 1.97. The molecule has 15 heavy (non-hydrogen) atoms. The lowest BCUT2D eigenvalue weighted by molar-refractivity contribution is 0.198. The number of aliphatic hydroxyl groups excluding tert-OH is 1. The molecule has 0 amide bonds. The fourth-order valence-corrected chi connectivity index (χ4v) is 3.54. The quantitative estimate of drug-likeness (QED) is 0.743. The number of hydrogen-bond acceptors (Lipinski definition) is 3. The topological polar surface area (TPSA) is 66.4 Å². The molecule has 0 spiro atoms. The SMILES string of the molecule is C[C@H](O)CNS(=O)(=O)CC1CCCCC1. The Hall–Kier alpha value is -0.130. The summed E-state index contributed by atoms with van der Waals surface area (Å²) in [6.45, 7) is 1.69. The first kappa shape index (κ1) is 12.9. The Bertz CT molecular complexity index is 268. The average Bonchev–Trinajstić information content (AvgIpc) is 2.16. The molecule has 0 aromatic heterocycles. The molecule has 1 aliphatic rings. The molecule has 0 unspecified atom stereocenters. The van der Waals surface area contributed by atoms with Gasteiger partial charge in [-0.05, 0) is 25.7 Å². The van der Waals surface area contributed by atoms with E-state index in [1.54, 1.807) is 6.92 Å². The first-order valence-electron chi connectivity index (χ1n) is 5.65. The van der Waals surface area contributed by atoms with Gasteiger partial charge in [-0.1, -0.05) is 19.3 Å². The second-order valence-electron chi connectivity index (χ2n) is 4.48. The van der Waals surface area contributed by atoms with E-state index in [1.165, 1.54) is 6.42 Å². The summed E-state index contributed by atoms with van der Waals surface area (Å²) < 4.78 is 25.6. The van der Waals surface area contributed by atoms with Crippen LogP contribution >= 0.6 is 0 Å². The molecule has 5 heteroatoms. The summed E-state index contributed by atoms with van der Waals surface area (Å²) >= 11 is 0. The minimum absolute atomic E-state index is 0.120. The molecule has 0 heterocycles. The Kier molecular flexibility index (Phi) is 5.02. The fraction of sp³-hybridized carbons (Fsp3) is 1.00. The standard InChI is InChI=1S/C10H21NO3S/c1-9(12)7-11-15(13,14)8-10-5-3-2-4-6-10/h9-12H,2-8H2,1H3/t9-/m0/s1. The normalized spacial score (nSPS) is 21.5. The van der Waals surface area contributed by atoms with Gasteiger partial charge in [0.15, 0.2) is 0 Å². The van der Waals surface area contributed by atoms with Gasteiger partial charge in [-0.15, -0.1) is 0 Å². The molecule has 1 aliphatic carbocycles. The van der Waals surface area contributed by atoms with Gasteiger partial charge in [-0.3, -0.25) is 0 Å². The second-order valence-corrected chi connectivity index (χ2v) is 6.33. The van der Waals surface area contributed by atoms with Crippen LogP contribution in [0.25, 0.3) is 0 Å². The highest BCUT2D eigenvalue weighted by atomic mass is 32.2. The van der Waals surface area contributed by atoms with Gasteiger partial charge in [0.1, 0.15) is 0 Å². The number of sulfonamides is 1. The molecule has 0 aromatic carbocycles. The third-order valence-corrected chi connectivity index (χ3v) is 4.30. The van der Waals surface area contributed by atoms with Gasteiger partial charge in [0.25, 0.3) is 0 Å². The van der Waals surface area contributed by atoms with Gasteiger partial charge in [-0.25, -0.2) is 13.1 Å². The molecule has 0 bridgehead atoms. The molecule has 0 aromatic rings. The predicted octanol–water partition coefficient (Wildman–Crippen LogP) is 0.867. The number of hydrogen-bond donors (Lipinski definition) is 2. The minimum Gasteiger partial charge on any atom is -0.392 e. The van der Waals surface area contributed by atoms with Crippen molar-refractivity contribution in [2.75, 3.05) is 12.3 Å². The van der Waals surface area contributed by atoms with Crippen molar-refractivity contribution in [3.05, 3.63) is 0 Å². The lowest BCUT2D eigenvalue weighted by Gasteiger charge is -2.21. The minimum atomic E-state index is -3.19. The summed E-state index contributed by atoms with van der Waals surface area (Å²) in [5.74, 6) is 0.532. The van der Waals surface area contributed by atoms with Crippen molar-refractivity contribution in [2.45, 2.75) is 45.1 Å². The van der Waals surface area contributed by atoms with E-state index in [0.29, 0.717) is 5.92 Å². The van der Waals surface area contributed by atoms with E-state index in [9.17, 15) is 8.42 Å². The smallest absolute Gasteiger partial charge is 0.211 e. The predicted molar refractivity (Wildman–Crippen MR) is 60.0 cm³/mol. The molecular formula is C10H21NO3S. The summed E-state index contributed by atoms with van der Waals surface area (Å²) in [5.41, 5.74) is 0. The van der Waals surface area contributed by atoms with Crippen molar-refractivity contribution in [2.24, 2.45) is 5.92 Å². The maximum Gasteiger partial charge on any atom is 0.211 e. The van der Waals surface area contributed by atoms with Gasteiger partial charge < -0.3 is 5.11 Å². The molecule has 90 valence electrons. The zero-order chi connectivity index (χ0) is 11.3. The van der Waals surface area contributed by atoms with Gasteiger partial charge in [0, 0.05) is 6.54 Å². The Balaban J connectivity index is 2.34. The number of aliphatic hydroxyl groups is 1. The van der Waals surface area contributed by atoms with E-state index >= 15 is 0 Å². The van der Waals surface area contributed by atoms with Crippen LogP contribution in [0.4, 0.5) is 0 Å². The summed E-state index contributed by atoms with van der Waals surface area (Å²) in [6, 6.07) is 0. The summed E-state index contributed by atoms with van der Waals surface area (Å²) in [6.07, 6.45) is 4.96. The van der Waals surface area contributed by atoms with E-state index in [0.717, 1.165) is 25.7 Å². The summed E-state index contributed by atoms with van der Waals surface area (Å²) in [4.78, 5) is 0. The zero-order valence-electron chi connectivity index (χ0n) is 9.28. The first-order chi connectivity index (χ1) is 6.99. The number of nitrogens with one attached hydrogen (secondary N) is 1. The van der Waals surface area contributed by atoms with E-state index in [2.05, 4.69) is 4.72 Å². The van der Waals surface area contributed by atoms with E-state index in [4.69, 9.17) is 5.11 Å². The molecule has 1 rings (SSSR count).